The zero-order valence-electron chi connectivity index (χ0n) is 18.2. The standard InChI is InChI=1S/C25H28N2O4S/c1-3-31-22-14-16-23(17-15-22)32(29,30)27-24(18-20-10-6-4-7-11-20)25(28)26-19(2)21-12-8-5-9-13-21/h4-17,19,24,27H,3,18H2,1-2H3,(H,26,28)/t19-,24-/m0/s1. The monoisotopic (exact) mass is 452 g/mol. The summed E-state index contributed by atoms with van der Waals surface area (Å²) in [6.45, 7) is 4.21. The van der Waals surface area contributed by atoms with Crippen LogP contribution in [0.5, 0.6) is 5.75 Å². The molecule has 0 bridgehead atoms. The molecule has 3 aromatic carbocycles. The largest absolute Gasteiger partial charge is 0.494 e. The van der Waals surface area contributed by atoms with Crippen LogP contribution in [0.25, 0.3) is 0 Å². The molecule has 0 radical (unpaired) electrons. The van der Waals surface area contributed by atoms with E-state index in [-0.39, 0.29) is 23.3 Å². The summed E-state index contributed by atoms with van der Waals surface area (Å²) in [7, 11) is -3.92. The first-order valence-electron chi connectivity index (χ1n) is 10.5. The lowest BCUT2D eigenvalue weighted by molar-refractivity contribution is -0.123. The topological polar surface area (TPSA) is 84.5 Å². The average Bonchev–Trinajstić information content (AvgIpc) is 2.80. The van der Waals surface area contributed by atoms with Crippen molar-refractivity contribution >= 4 is 15.9 Å². The van der Waals surface area contributed by atoms with Gasteiger partial charge in [-0.15, -0.1) is 0 Å². The molecular weight excluding hydrogens is 424 g/mol. The van der Waals surface area contributed by atoms with Gasteiger partial charge in [-0.3, -0.25) is 4.79 Å². The van der Waals surface area contributed by atoms with Crippen molar-refractivity contribution in [1.29, 1.82) is 0 Å². The van der Waals surface area contributed by atoms with E-state index in [1.54, 1.807) is 12.1 Å². The van der Waals surface area contributed by atoms with Crippen LogP contribution in [0.15, 0.2) is 89.8 Å². The summed E-state index contributed by atoms with van der Waals surface area (Å²) < 4.78 is 34.0. The fraction of sp³-hybridized carbons (Fsp3) is 0.240. The molecule has 0 unspecified atom stereocenters. The number of carbonyl (C=O) groups excluding carboxylic acids is 1. The molecule has 0 saturated carbocycles. The first-order valence-corrected chi connectivity index (χ1v) is 12.0. The second kappa shape index (κ2) is 10.9. The number of nitrogens with one attached hydrogen (secondary N) is 2. The average molecular weight is 453 g/mol. The van der Waals surface area contributed by atoms with E-state index in [1.165, 1.54) is 12.1 Å². The maximum atomic E-state index is 13.1. The van der Waals surface area contributed by atoms with Crippen molar-refractivity contribution in [2.24, 2.45) is 0 Å². The second-order valence-corrected chi connectivity index (χ2v) is 9.12. The van der Waals surface area contributed by atoms with Crippen LogP contribution in [-0.2, 0) is 21.2 Å². The van der Waals surface area contributed by atoms with Crippen LogP contribution in [0.2, 0.25) is 0 Å². The number of hydrogen-bond acceptors (Lipinski definition) is 4. The van der Waals surface area contributed by atoms with Crippen LogP contribution in [0, 0.1) is 0 Å². The van der Waals surface area contributed by atoms with E-state index in [0.717, 1.165) is 11.1 Å². The van der Waals surface area contributed by atoms with Crippen LogP contribution in [-0.4, -0.2) is 27.0 Å². The quantitative estimate of drug-likeness (QED) is 0.489. The molecule has 0 spiro atoms. The van der Waals surface area contributed by atoms with Crippen molar-refractivity contribution in [3.8, 4) is 5.75 Å². The van der Waals surface area contributed by atoms with Gasteiger partial charge in [0.25, 0.3) is 0 Å². The van der Waals surface area contributed by atoms with Crippen molar-refractivity contribution in [2.75, 3.05) is 6.61 Å². The van der Waals surface area contributed by atoms with E-state index in [9.17, 15) is 13.2 Å². The van der Waals surface area contributed by atoms with Gasteiger partial charge in [-0.2, -0.15) is 4.72 Å². The number of benzene rings is 3. The highest BCUT2D eigenvalue weighted by Crippen LogP contribution is 2.18. The summed E-state index contributed by atoms with van der Waals surface area (Å²) in [6, 6.07) is 23.8. The highest BCUT2D eigenvalue weighted by Gasteiger charge is 2.27. The normalized spacial score (nSPS) is 13.2. The van der Waals surface area contributed by atoms with E-state index >= 15 is 0 Å². The van der Waals surface area contributed by atoms with Gasteiger partial charge in [-0.25, -0.2) is 8.42 Å². The molecule has 2 atom stereocenters. The lowest BCUT2D eigenvalue weighted by atomic mass is 10.0. The van der Waals surface area contributed by atoms with Crippen LogP contribution in [0.3, 0.4) is 0 Å². The van der Waals surface area contributed by atoms with E-state index < -0.39 is 16.1 Å². The lowest BCUT2D eigenvalue weighted by Gasteiger charge is -2.22. The molecule has 0 aliphatic carbocycles. The third kappa shape index (κ3) is 6.42. The Morgan fingerprint density at radius 1 is 0.906 bits per heavy atom. The molecular formula is C25H28N2O4S. The molecule has 0 fully saturated rings. The van der Waals surface area contributed by atoms with Crippen LogP contribution in [0.4, 0.5) is 0 Å². The number of carbonyl (C=O) groups is 1. The van der Waals surface area contributed by atoms with Crippen molar-refractivity contribution in [2.45, 2.75) is 37.2 Å². The fourth-order valence-electron chi connectivity index (χ4n) is 3.31. The summed E-state index contributed by atoms with van der Waals surface area (Å²) >= 11 is 0. The van der Waals surface area contributed by atoms with Crippen molar-refractivity contribution in [3.05, 3.63) is 96.1 Å². The molecule has 0 aromatic heterocycles. The van der Waals surface area contributed by atoms with Gasteiger partial charge < -0.3 is 10.1 Å². The van der Waals surface area contributed by atoms with Gasteiger partial charge >= 0.3 is 0 Å². The molecule has 168 valence electrons. The summed E-state index contributed by atoms with van der Waals surface area (Å²) in [5.74, 6) is 0.196. The summed E-state index contributed by atoms with van der Waals surface area (Å²) in [4.78, 5) is 13.2. The van der Waals surface area contributed by atoms with E-state index in [1.807, 2.05) is 74.5 Å². The summed E-state index contributed by atoms with van der Waals surface area (Å²) in [5, 5.41) is 2.93. The van der Waals surface area contributed by atoms with Crippen molar-refractivity contribution in [1.82, 2.24) is 10.0 Å². The Kier molecular flexibility index (Phi) is 8.03. The Hall–Kier alpha value is -3.16. The van der Waals surface area contributed by atoms with E-state index in [4.69, 9.17) is 4.74 Å². The van der Waals surface area contributed by atoms with Gasteiger partial charge in [0.1, 0.15) is 11.8 Å². The zero-order chi connectivity index (χ0) is 23.0. The second-order valence-electron chi connectivity index (χ2n) is 7.41. The van der Waals surface area contributed by atoms with E-state index in [2.05, 4.69) is 10.0 Å². The van der Waals surface area contributed by atoms with Crippen LogP contribution < -0.4 is 14.8 Å². The summed E-state index contributed by atoms with van der Waals surface area (Å²) in [6.07, 6.45) is 0.227. The first-order chi connectivity index (χ1) is 15.4. The molecule has 0 heterocycles. The Balaban J connectivity index is 1.80. The molecule has 6 nitrogen and oxygen atoms in total. The zero-order valence-corrected chi connectivity index (χ0v) is 19.0. The van der Waals surface area contributed by atoms with Crippen molar-refractivity contribution in [3.63, 3.8) is 0 Å². The number of hydrogen-bond donors (Lipinski definition) is 2. The Bertz CT molecular complexity index is 1100. The van der Waals surface area contributed by atoms with Gasteiger partial charge in [0.15, 0.2) is 0 Å². The molecule has 7 heteroatoms. The molecule has 32 heavy (non-hydrogen) atoms. The number of sulfonamides is 1. The minimum Gasteiger partial charge on any atom is -0.494 e. The van der Waals surface area contributed by atoms with Crippen LogP contribution in [0.1, 0.15) is 31.0 Å². The maximum Gasteiger partial charge on any atom is 0.241 e. The first kappa shape index (κ1) is 23.5. The van der Waals surface area contributed by atoms with Gasteiger partial charge in [0, 0.05) is 0 Å². The minimum atomic E-state index is -3.92. The molecule has 0 aliphatic heterocycles. The SMILES string of the molecule is CCOc1ccc(S(=O)(=O)N[C@@H](Cc2ccccc2)C(=O)N[C@@H](C)c2ccccc2)cc1. The minimum absolute atomic E-state index is 0.0722. The molecule has 3 aromatic rings. The molecule has 0 aliphatic rings. The van der Waals surface area contributed by atoms with Gasteiger partial charge in [0.05, 0.1) is 17.5 Å². The van der Waals surface area contributed by atoms with Crippen molar-refractivity contribution < 1.29 is 17.9 Å². The van der Waals surface area contributed by atoms with Gasteiger partial charge in [-0.05, 0) is 55.7 Å². The van der Waals surface area contributed by atoms with E-state index in [0.29, 0.717) is 12.4 Å². The summed E-state index contributed by atoms with van der Waals surface area (Å²) in [5.41, 5.74) is 1.79. The third-order valence-electron chi connectivity index (χ3n) is 5.00. The molecule has 2 N–H and O–H groups in total. The van der Waals surface area contributed by atoms with Crippen LogP contribution >= 0.6 is 0 Å². The molecule has 0 saturated heterocycles. The number of ether oxygens (including phenoxy) is 1. The van der Waals surface area contributed by atoms with Gasteiger partial charge in [-0.1, -0.05) is 60.7 Å². The predicted octanol–water partition coefficient (Wildman–Crippen LogP) is 3.85. The smallest absolute Gasteiger partial charge is 0.241 e. The molecule has 3 rings (SSSR count). The number of amides is 1. The lowest BCUT2D eigenvalue weighted by Crippen LogP contribution is -2.48. The Morgan fingerprint density at radius 2 is 1.50 bits per heavy atom. The number of rotatable bonds is 10. The predicted molar refractivity (Wildman–Crippen MR) is 125 cm³/mol. The fourth-order valence-corrected chi connectivity index (χ4v) is 4.51. The Morgan fingerprint density at radius 3 is 2.09 bits per heavy atom. The van der Waals surface area contributed by atoms with Gasteiger partial charge in [0.2, 0.25) is 15.9 Å². The third-order valence-corrected chi connectivity index (χ3v) is 6.49. The maximum absolute atomic E-state index is 13.1. The molecule has 1 amide bonds. The highest BCUT2D eigenvalue weighted by molar-refractivity contribution is 7.89. The Labute approximate surface area is 189 Å². The highest BCUT2D eigenvalue weighted by atomic mass is 32.2.